The summed E-state index contributed by atoms with van der Waals surface area (Å²) in [6, 6.07) is 3.45. The molecular weight excluding hydrogens is 295 g/mol. The van der Waals surface area contributed by atoms with E-state index in [9.17, 15) is 4.79 Å². The second kappa shape index (κ2) is 3.70. The van der Waals surface area contributed by atoms with E-state index in [4.69, 9.17) is 11.6 Å². The fourth-order valence-corrected chi connectivity index (χ4v) is 2.07. The van der Waals surface area contributed by atoms with Crippen LogP contribution in [0.4, 0.5) is 0 Å². The predicted molar refractivity (Wildman–Crippen MR) is 52.2 cm³/mol. The van der Waals surface area contributed by atoms with Crippen molar-refractivity contribution in [3.8, 4) is 0 Å². The highest BCUT2D eigenvalue weighted by atomic mass is 79.9. The molecule has 0 spiro atoms. The van der Waals surface area contributed by atoms with E-state index in [0.29, 0.717) is 10.6 Å². The Morgan fingerprint density at radius 1 is 1.36 bits per heavy atom. The van der Waals surface area contributed by atoms with Gasteiger partial charge >= 0.3 is 0 Å². The molecule has 0 atom stereocenters. The van der Waals surface area contributed by atoms with E-state index in [2.05, 4.69) is 31.9 Å². The lowest BCUT2D eigenvalue weighted by atomic mass is 10.2. The molecule has 1 aromatic carbocycles. The van der Waals surface area contributed by atoms with Crippen molar-refractivity contribution in [2.24, 2.45) is 0 Å². The Labute approximate surface area is 86.0 Å². The van der Waals surface area contributed by atoms with Gasteiger partial charge in [0.05, 0.1) is 5.02 Å². The highest BCUT2D eigenvalue weighted by Gasteiger charge is 2.04. The molecule has 11 heavy (non-hydrogen) atoms. The van der Waals surface area contributed by atoms with E-state index in [-0.39, 0.29) is 0 Å². The zero-order valence-corrected chi connectivity index (χ0v) is 9.20. The molecule has 0 saturated carbocycles. The molecule has 58 valence electrons. The van der Waals surface area contributed by atoms with Gasteiger partial charge < -0.3 is 0 Å². The summed E-state index contributed by atoms with van der Waals surface area (Å²) in [7, 11) is 0. The van der Waals surface area contributed by atoms with Gasteiger partial charge in [-0.05, 0) is 28.1 Å². The SMILES string of the molecule is O=Cc1cc(Br)cc(Br)c1Cl. The lowest BCUT2D eigenvalue weighted by molar-refractivity contribution is 0.112. The molecule has 0 saturated heterocycles. The van der Waals surface area contributed by atoms with E-state index in [0.717, 1.165) is 15.2 Å². The van der Waals surface area contributed by atoms with Crippen LogP contribution in [0.15, 0.2) is 21.1 Å². The van der Waals surface area contributed by atoms with Gasteiger partial charge in [0.15, 0.2) is 6.29 Å². The topological polar surface area (TPSA) is 17.1 Å². The molecule has 1 rings (SSSR count). The monoisotopic (exact) mass is 296 g/mol. The fourth-order valence-electron chi connectivity index (χ4n) is 0.662. The zero-order chi connectivity index (χ0) is 8.43. The number of benzene rings is 1. The molecule has 1 aromatic rings. The largest absolute Gasteiger partial charge is 0.298 e. The Bertz CT molecular complexity index is 299. The summed E-state index contributed by atoms with van der Waals surface area (Å²) in [4.78, 5) is 10.4. The molecule has 0 aromatic heterocycles. The standard InChI is InChI=1S/C7H3Br2ClO/c8-5-1-4(3-11)7(10)6(9)2-5/h1-3H. The Kier molecular flexibility index (Phi) is 3.10. The molecule has 0 heterocycles. The normalized spacial score (nSPS) is 9.73. The summed E-state index contributed by atoms with van der Waals surface area (Å²) < 4.78 is 1.55. The molecule has 0 fully saturated rings. The summed E-state index contributed by atoms with van der Waals surface area (Å²) >= 11 is 12.2. The van der Waals surface area contributed by atoms with Crippen LogP contribution >= 0.6 is 43.5 Å². The first kappa shape index (κ1) is 9.23. The van der Waals surface area contributed by atoms with E-state index in [1.807, 2.05) is 0 Å². The van der Waals surface area contributed by atoms with Gasteiger partial charge in [-0.2, -0.15) is 0 Å². The minimum atomic E-state index is 0.447. The maximum absolute atomic E-state index is 10.4. The minimum absolute atomic E-state index is 0.447. The van der Waals surface area contributed by atoms with Crippen LogP contribution in [0.2, 0.25) is 5.02 Å². The summed E-state index contributed by atoms with van der Waals surface area (Å²) in [6.45, 7) is 0. The molecule has 0 unspecified atom stereocenters. The molecule has 0 bridgehead atoms. The maximum atomic E-state index is 10.4. The molecule has 0 radical (unpaired) electrons. The van der Waals surface area contributed by atoms with E-state index < -0.39 is 0 Å². The van der Waals surface area contributed by atoms with Crippen molar-refractivity contribution >= 4 is 49.7 Å². The van der Waals surface area contributed by atoms with Crippen molar-refractivity contribution in [1.29, 1.82) is 0 Å². The average Bonchev–Trinajstić information content (AvgIpc) is 1.96. The number of hydrogen-bond acceptors (Lipinski definition) is 1. The van der Waals surface area contributed by atoms with E-state index >= 15 is 0 Å². The molecule has 0 aliphatic heterocycles. The van der Waals surface area contributed by atoms with Gasteiger partial charge in [-0.15, -0.1) is 0 Å². The second-order valence-corrected chi connectivity index (χ2v) is 4.06. The molecule has 0 amide bonds. The summed E-state index contributed by atoms with van der Waals surface area (Å²) in [5.41, 5.74) is 0.480. The smallest absolute Gasteiger partial charge is 0.151 e. The van der Waals surface area contributed by atoms with Gasteiger partial charge in [-0.1, -0.05) is 27.5 Å². The van der Waals surface area contributed by atoms with E-state index in [1.165, 1.54) is 0 Å². The van der Waals surface area contributed by atoms with Crippen LogP contribution in [0, 0.1) is 0 Å². The van der Waals surface area contributed by atoms with Crippen LogP contribution in [-0.2, 0) is 0 Å². The highest BCUT2D eigenvalue weighted by Crippen LogP contribution is 2.29. The zero-order valence-electron chi connectivity index (χ0n) is 5.27. The number of halogens is 3. The first-order valence-corrected chi connectivity index (χ1v) is 4.71. The molecule has 4 heteroatoms. The van der Waals surface area contributed by atoms with E-state index in [1.54, 1.807) is 12.1 Å². The Morgan fingerprint density at radius 2 is 2.00 bits per heavy atom. The number of hydrogen-bond donors (Lipinski definition) is 0. The van der Waals surface area contributed by atoms with Gasteiger partial charge in [-0.25, -0.2) is 0 Å². The van der Waals surface area contributed by atoms with Gasteiger partial charge in [0.25, 0.3) is 0 Å². The Hall–Kier alpha value is 0.140. The Morgan fingerprint density at radius 3 is 2.55 bits per heavy atom. The van der Waals surface area contributed by atoms with Crippen molar-refractivity contribution in [2.75, 3.05) is 0 Å². The summed E-state index contributed by atoms with van der Waals surface area (Å²) in [6.07, 6.45) is 0.720. The van der Waals surface area contributed by atoms with Crippen LogP contribution in [0.3, 0.4) is 0 Å². The van der Waals surface area contributed by atoms with Gasteiger partial charge in [0.2, 0.25) is 0 Å². The van der Waals surface area contributed by atoms with Crippen molar-refractivity contribution in [3.63, 3.8) is 0 Å². The first-order valence-electron chi connectivity index (χ1n) is 2.75. The molecule has 0 aliphatic carbocycles. The van der Waals surface area contributed by atoms with Crippen molar-refractivity contribution in [3.05, 3.63) is 31.7 Å². The highest BCUT2D eigenvalue weighted by molar-refractivity contribution is 9.11. The van der Waals surface area contributed by atoms with Crippen LogP contribution < -0.4 is 0 Å². The lowest BCUT2D eigenvalue weighted by Gasteiger charge is -1.99. The second-order valence-electron chi connectivity index (χ2n) is 1.91. The number of carbonyl (C=O) groups excluding carboxylic acids is 1. The third kappa shape index (κ3) is 2.04. The molecule has 0 aliphatic rings. The van der Waals surface area contributed by atoms with Gasteiger partial charge in [0.1, 0.15) is 0 Å². The fraction of sp³-hybridized carbons (Fsp3) is 0. The summed E-state index contributed by atoms with van der Waals surface area (Å²) in [5, 5.41) is 0.447. The van der Waals surface area contributed by atoms with Crippen molar-refractivity contribution < 1.29 is 4.79 Å². The maximum Gasteiger partial charge on any atom is 0.151 e. The van der Waals surface area contributed by atoms with Crippen molar-refractivity contribution in [2.45, 2.75) is 0 Å². The summed E-state index contributed by atoms with van der Waals surface area (Å²) in [5.74, 6) is 0. The third-order valence-corrected chi connectivity index (χ3v) is 2.88. The molecular formula is C7H3Br2ClO. The van der Waals surface area contributed by atoms with Crippen LogP contribution in [0.5, 0.6) is 0 Å². The average molecular weight is 298 g/mol. The Balaban J connectivity index is 3.35. The van der Waals surface area contributed by atoms with Crippen LogP contribution in [0.1, 0.15) is 10.4 Å². The molecule has 1 nitrogen and oxygen atoms in total. The third-order valence-electron chi connectivity index (χ3n) is 1.15. The van der Waals surface area contributed by atoms with Gasteiger partial charge in [0, 0.05) is 14.5 Å². The lowest BCUT2D eigenvalue weighted by Crippen LogP contribution is -1.82. The predicted octanol–water partition coefficient (Wildman–Crippen LogP) is 3.68. The van der Waals surface area contributed by atoms with Gasteiger partial charge in [-0.3, -0.25) is 4.79 Å². The number of aldehydes is 1. The van der Waals surface area contributed by atoms with Crippen molar-refractivity contribution in [1.82, 2.24) is 0 Å². The van der Waals surface area contributed by atoms with Crippen LogP contribution in [0.25, 0.3) is 0 Å². The minimum Gasteiger partial charge on any atom is -0.298 e. The number of carbonyl (C=O) groups is 1. The number of rotatable bonds is 1. The quantitative estimate of drug-likeness (QED) is 0.571. The molecule has 0 N–H and O–H groups in total. The first-order chi connectivity index (χ1) is 5.15. The van der Waals surface area contributed by atoms with Crippen LogP contribution in [-0.4, -0.2) is 6.29 Å².